The molecular weight excluding hydrogens is 140 g/mol. The minimum atomic E-state index is 0.240. The van der Waals surface area contributed by atoms with Gasteiger partial charge in [-0.25, -0.2) is 0 Å². The Kier molecular flexibility index (Phi) is 1.82. The van der Waals surface area contributed by atoms with Gasteiger partial charge in [0.2, 0.25) is 5.91 Å². The molecule has 2 aliphatic rings. The number of carbonyl (C=O) groups is 1. The number of amides is 1. The molecule has 0 saturated carbocycles. The van der Waals surface area contributed by atoms with Crippen LogP contribution in [0, 0.1) is 5.92 Å². The summed E-state index contributed by atoms with van der Waals surface area (Å²) in [5, 5.41) is 6.32. The van der Waals surface area contributed by atoms with E-state index in [-0.39, 0.29) is 5.91 Å². The maximum absolute atomic E-state index is 11.0. The van der Waals surface area contributed by atoms with E-state index in [1.807, 2.05) is 0 Å². The monoisotopic (exact) mass is 154 g/mol. The molecule has 3 heteroatoms. The zero-order valence-electron chi connectivity index (χ0n) is 6.60. The second-order valence-corrected chi connectivity index (χ2v) is 3.48. The van der Waals surface area contributed by atoms with Gasteiger partial charge in [-0.2, -0.15) is 0 Å². The van der Waals surface area contributed by atoms with Crippen LogP contribution >= 0.6 is 0 Å². The Morgan fingerprint density at radius 1 is 1.45 bits per heavy atom. The van der Waals surface area contributed by atoms with E-state index in [4.69, 9.17) is 0 Å². The van der Waals surface area contributed by atoms with Crippen molar-refractivity contribution in [1.29, 1.82) is 0 Å². The number of fused-ring (bicyclic) bond motifs is 1. The van der Waals surface area contributed by atoms with Gasteiger partial charge in [-0.3, -0.25) is 4.79 Å². The van der Waals surface area contributed by atoms with Crippen LogP contribution in [0.1, 0.15) is 19.3 Å². The molecule has 62 valence electrons. The molecule has 2 rings (SSSR count). The Balaban J connectivity index is 2.01. The van der Waals surface area contributed by atoms with Crippen molar-refractivity contribution < 1.29 is 4.79 Å². The third-order valence-corrected chi connectivity index (χ3v) is 2.66. The third-order valence-electron chi connectivity index (χ3n) is 2.66. The fourth-order valence-electron chi connectivity index (χ4n) is 2.03. The highest BCUT2D eigenvalue weighted by Crippen LogP contribution is 2.22. The molecule has 2 heterocycles. The molecule has 2 fully saturated rings. The molecule has 0 unspecified atom stereocenters. The van der Waals surface area contributed by atoms with Crippen molar-refractivity contribution in [1.82, 2.24) is 10.6 Å². The van der Waals surface area contributed by atoms with Gasteiger partial charge in [-0.1, -0.05) is 0 Å². The van der Waals surface area contributed by atoms with Crippen molar-refractivity contribution in [3.8, 4) is 0 Å². The lowest BCUT2D eigenvalue weighted by atomic mass is 9.97. The Bertz CT molecular complexity index is 153. The summed E-state index contributed by atoms with van der Waals surface area (Å²) >= 11 is 0. The van der Waals surface area contributed by atoms with E-state index >= 15 is 0 Å². The van der Waals surface area contributed by atoms with Gasteiger partial charge >= 0.3 is 0 Å². The molecule has 0 spiro atoms. The van der Waals surface area contributed by atoms with E-state index in [1.54, 1.807) is 0 Å². The van der Waals surface area contributed by atoms with Crippen LogP contribution in [0.25, 0.3) is 0 Å². The van der Waals surface area contributed by atoms with Gasteiger partial charge in [0.25, 0.3) is 0 Å². The number of hydrogen-bond donors (Lipinski definition) is 2. The first kappa shape index (κ1) is 7.10. The summed E-state index contributed by atoms with van der Waals surface area (Å²) in [6, 6.07) is 0.421. The maximum atomic E-state index is 11.0. The Labute approximate surface area is 66.5 Å². The van der Waals surface area contributed by atoms with Gasteiger partial charge in [-0.15, -0.1) is 0 Å². The minimum absolute atomic E-state index is 0.240. The molecule has 3 nitrogen and oxygen atoms in total. The molecular formula is C8H14N2O. The van der Waals surface area contributed by atoms with E-state index in [0.29, 0.717) is 12.0 Å². The molecule has 0 aromatic rings. The van der Waals surface area contributed by atoms with Crippen LogP contribution in [-0.2, 0) is 4.79 Å². The Morgan fingerprint density at radius 2 is 2.36 bits per heavy atom. The normalized spacial score (nSPS) is 37.6. The van der Waals surface area contributed by atoms with Crippen molar-refractivity contribution in [2.24, 2.45) is 5.92 Å². The van der Waals surface area contributed by atoms with E-state index in [9.17, 15) is 4.79 Å². The van der Waals surface area contributed by atoms with Crippen molar-refractivity contribution in [2.75, 3.05) is 13.1 Å². The summed E-state index contributed by atoms with van der Waals surface area (Å²) in [7, 11) is 0. The number of nitrogens with one attached hydrogen (secondary N) is 2. The summed E-state index contributed by atoms with van der Waals surface area (Å²) in [5.41, 5.74) is 0. The van der Waals surface area contributed by atoms with Crippen LogP contribution in [0.2, 0.25) is 0 Å². The molecule has 2 N–H and O–H groups in total. The highest BCUT2D eigenvalue weighted by atomic mass is 16.2. The highest BCUT2D eigenvalue weighted by molar-refractivity contribution is 5.79. The molecule has 0 aromatic carbocycles. The second kappa shape index (κ2) is 2.81. The van der Waals surface area contributed by atoms with E-state index in [2.05, 4.69) is 10.6 Å². The lowest BCUT2D eigenvalue weighted by Crippen LogP contribution is -2.37. The predicted molar refractivity (Wildman–Crippen MR) is 42.1 cm³/mol. The van der Waals surface area contributed by atoms with E-state index < -0.39 is 0 Å². The summed E-state index contributed by atoms with van der Waals surface area (Å²) in [5.74, 6) is 0.848. The highest BCUT2D eigenvalue weighted by Gasteiger charge is 2.32. The first-order valence-corrected chi connectivity index (χ1v) is 4.36. The second-order valence-electron chi connectivity index (χ2n) is 3.48. The van der Waals surface area contributed by atoms with Gasteiger partial charge in [-0.05, 0) is 25.3 Å². The largest absolute Gasteiger partial charge is 0.352 e. The average molecular weight is 154 g/mol. The third kappa shape index (κ3) is 1.38. The van der Waals surface area contributed by atoms with Crippen LogP contribution in [0.5, 0.6) is 0 Å². The van der Waals surface area contributed by atoms with E-state index in [1.165, 1.54) is 12.8 Å². The van der Waals surface area contributed by atoms with Crippen molar-refractivity contribution in [2.45, 2.75) is 25.3 Å². The zero-order valence-corrected chi connectivity index (χ0v) is 6.60. The molecule has 0 aromatic heterocycles. The lowest BCUT2D eigenvalue weighted by molar-refractivity contribution is -0.119. The van der Waals surface area contributed by atoms with E-state index in [0.717, 1.165) is 19.5 Å². The van der Waals surface area contributed by atoms with Crippen LogP contribution in [0.4, 0.5) is 0 Å². The van der Waals surface area contributed by atoms with Gasteiger partial charge in [0, 0.05) is 19.0 Å². The number of rotatable bonds is 0. The quantitative estimate of drug-likeness (QED) is 0.510. The Hall–Kier alpha value is -0.570. The number of carbonyl (C=O) groups excluding carboxylic acids is 1. The standard InChI is InChI=1S/C8H14N2O/c11-8-4-6-2-1-3-9-5-7(6)10-8/h6-7,9H,1-5H2,(H,10,11)/t6-,7+/m0/s1. The van der Waals surface area contributed by atoms with Crippen molar-refractivity contribution >= 4 is 5.91 Å². The molecule has 2 aliphatic heterocycles. The average Bonchev–Trinajstić information content (AvgIpc) is 2.17. The van der Waals surface area contributed by atoms with Crippen LogP contribution in [0.3, 0.4) is 0 Å². The van der Waals surface area contributed by atoms with Gasteiger partial charge in [0.15, 0.2) is 0 Å². The lowest BCUT2D eigenvalue weighted by Gasteiger charge is -2.13. The smallest absolute Gasteiger partial charge is 0.220 e. The first-order valence-electron chi connectivity index (χ1n) is 4.36. The van der Waals surface area contributed by atoms with Crippen molar-refractivity contribution in [3.63, 3.8) is 0 Å². The number of hydrogen-bond acceptors (Lipinski definition) is 2. The van der Waals surface area contributed by atoms with Gasteiger partial charge < -0.3 is 10.6 Å². The SMILES string of the molecule is O=C1C[C@@H]2CCCNC[C@H]2N1. The predicted octanol–water partition coefficient (Wildman–Crippen LogP) is -0.126. The van der Waals surface area contributed by atoms with Crippen LogP contribution in [0.15, 0.2) is 0 Å². The summed E-state index contributed by atoms with van der Waals surface area (Å²) in [6.45, 7) is 2.08. The molecule has 11 heavy (non-hydrogen) atoms. The molecule has 0 bridgehead atoms. The minimum Gasteiger partial charge on any atom is -0.352 e. The summed E-state index contributed by atoms with van der Waals surface area (Å²) in [4.78, 5) is 11.0. The zero-order chi connectivity index (χ0) is 7.68. The molecule has 0 aliphatic carbocycles. The molecule has 1 amide bonds. The molecule has 0 radical (unpaired) electrons. The first-order chi connectivity index (χ1) is 5.36. The summed E-state index contributed by atoms with van der Waals surface area (Å²) in [6.07, 6.45) is 3.18. The molecule has 2 atom stereocenters. The van der Waals surface area contributed by atoms with Crippen LogP contribution < -0.4 is 10.6 Å². The topological polar surface area (TPSA) is 41.1 Å². The summed E-state index contributed by atoms with van der Waals surface area (Å²) < 4.78 is 0. The Morgan fingerprint density at radius 3 is 3.27 bits per heavy atom. The van der Waals surface area contributed by atoms with Gasteiger partial charge in [0.05, 0.1) is 0 Å². The van der Waals surface area contributed by atoms with Crippen molar-refractivity contribution in [3.05, 3.63) is 0 Å². The van der Waals surface area contributed by atoms with Crippen LogP contribution in [-0.4, -0.2) is 25.0 Å². The molecule has 2 saturated heterocycles. The fourth-order valence-corrected chi connectivity index (χ4v) is 2.03. The fraction of sp³-hybridized carbons (Fsp3) is 0.875. The maximum Gasteiger partial charge on any atom is 0.220 e. The van der Waals surface area contributed by atoms with Gasteiger partial charge in [0.1, 0.15) is 0 Å².